The quantitative estimate of drug-likeness (QED) is 0.0663. The number of hydrogen-bond donors (Lipinski definition) is 4. The maximum Gasteiger partial charge on any atom is 0.405 e. The van der Waals surface area contributed by atoms with Gasteiger partial charge in [-0.15, -0.1) is 0 Å². The molecule has 76 heavy (non-hydrogen) atoms. The van der Waals surface area contributed by atoms with Crippen LogP contribution >= 0.6 is 0 Å². The van der Waals surface area contributed by atoms with Crippen LogP contribution in [0.5, 0.6) is 23.0 Å². The first-order valence-electron chi connectivity index (χ1n) is 25.8. The van der Waals surface area contributed by atoms with Crippen LogP contribution in [0.4, 0.5) is 27.5 Å². The fourth-order valence-electron chi connectivity index (χ4n) is 9.89. The smallest absolute Gasteiger partial charge is 0.405 e. The summed E-state index contributed by atoms with van der Waals surface area (Å²) in [5.41, 5.74) is 7.52. The van der Waals surface area contributed by atoms with Gasteiger partial charge in [0.05, 0.1) is 62.0 Å². The number of piperazine rings is 1. The van der Waals surface area contributed by atoms with Gasteiger partial charge < -0.3 is 59.6 Å². The van der Waals surface area contributed by atoms with Crippen molar-refractivity contribution in [1.82, 2.24) is 25.3 Å². The average Bonchev–Trinajstić information content (AvgIpc) is 4.03. The number of nitrogens with one attached hydrogen (secondary N) is 3. The second-order valence-electron chi connectivity index (χ2n) is 19.9. The number of methoxy groups -OCH3 is 2. The van der Waals surface area contributed by atoms with Crippen molar-refractivity contribution in [3.63, 3.8) is 0 Å². The first-order chi connectivity index (χ1) is 36.7. The van der Waals surface area contributed by atoms with E-state index in [-0.39, 0.29) is 29.8 Å². The number of hydrogen-bond acceptors (Lipinski definition) is 13. The Kier molecular flexibility index (Phi) is 16.0. The van der Waals surface area contributed by atoms with Crippen LogP contribution < -0.4 is 39.8 Å². The fourth-order valence-corrected chi connectivity index (χ4v) is 9.89. The molecule has 5 heterocycles. The standard InChI is InChI=1S/C57H65N9O10/c1-34(2)52(62-57(71)72)54(68)60-35(3)53(67)61-40-14-10-36(11-15-40)38-24-42-30-58-46-28-50(48(73-5)26-44(46)55(69)65(42)32-38)75-22-8-7-9-23-76-51-29-47-45(27-49(51)74-6)56(70)66-33-39(25-43(66)31-59-47)37-12-16-41(17-13-37)64-20-18-63(4)19-21-64/h10-17,26-35,42-43,52,62H,7-9,18-25H2,1-6H3,(H,60,68)(H,61,67)(H,71,72)/t35-,42-,43-,52-/m0/s1. The van der Waals surface area contributed by atoms with Crippen LogP contribution in [0.1, 0.15) is 84.7 Å². The highest BCUT2D eigenvalue weighted by Gasteiger charge is 2.36. The van der Waals surface area contributed by atoms with E-state index in [2.05, 4.69) is 57.1 Å². The lowest BCUT2D eigenvalue weighted by Gasteiger charge is -2.34. The summed E-state index contributed by atoms with van der Waals surface area (Å²) in [6.07, 6.45) is 9.50. The van der Waals surface area contributed by atoms with E-state index in [0.717, 1.165) is 67.7 Å². The zero-order valence-electron chi connectivity index (χ0n) is 43.7. The molecule has 19 heteroatoms. The zero-order valence-corrected chi connectivity index (χ0v) is 43.7. The Bertz CT molecular complexity index is 2980. The van der Waals surface area contributed by atoms with Crippen LogP contribution in [0.15, 0.2) is 95.2 Å². The van der Waals surface area contributed by atoms with Gasteiger partial charge in [-0.3, -0.25) is 29.2 Å². The maximum atomic E-state index is 14.0. The molecule has 9 rings (SSSR count). The molecule has 4 aromatic carbocycles. The predicted octanol–water partition coefficient (Wildman–Crippen LogP) is 7.76. The van der Waals surface area contributed by atoms with Crippen molar-refractivity contribution in [2.24, 2.45) is 15.9 Å². The number of likely N-dealkylation sites (N-methyl/N-ethyl adjacent to an activating group) is 1. The first-order valence-corrected chi connectivity index (χ1v) is 25.8. The fraction of sp³-hybridized carbons (Fsp3) is 0.386. The molecule has 0 radical (unpaired) electrons. The van der Waals surface area contributed by atoms with E-state index in [1.54, 1.807) is 73.4 Å². The number of rotatable bonds is 19. The third-order valence-corrected chi connectivity index (χ3v) is 14.3. The number of fused-ring (bicyclic) bond motifs is 4. The van der Waals surface area contributed by atoms with E-state index in [1.807, 2.05) is 30.7 Å². The van der Waals surface area contributed by atoms with Gasteiger partial charge in [-0.25, -0.2) is 4.79 Å². The summed E-state index contributed by atoms with van der Waals surface area (Å²) in [6, 6.07) is 20.2. The van der Waals surface area contributed by atoms with E-state index >= 15 is 0 Å². The highest BCUT2D eigenvalue weighted by molar-refractivity contribution is 6.07. The van der Waals surface area contributed by atoms with Crippen molar-refractivity contribution < 1.29 is 48.0 Å². The number of ether oxygens (including phenoxy) is 4. The first kappa shape index (κ1) is 52.7. The second-order valence-corrected chi connectivity index (χ2v) is 19.9. The van der Waals surface area contributed by atoms with Gasteiger partial charge >= 0.3 is 6.09 Å². The van der Waals surface area contributed by atoms with Crippen molar-refractivity contribution >= 4 is 76.0 Å². The summed E-state index contributed by atoms with van der Waals surface area (Å²) in [5.74, 6) is 0.110. The van der Waals surface area contributed by atoms with Gasteiger partial charge in [-0.2, -0.15) is 0 Å². The largest absolute Gasteiger partial charge is 0.493 e. The Morgan fingerprint density at radius 3 is 1.63 bits per heavy atom. The number of carbonyl (C=O) groups is 5. The van der Waals surface area contributed by atoms with Gasteiger partial charge in [-0.1, -0.05) is 38.1 Å². The van der Waals surface area contributed by atoms with Crippen LogP contribution in [0.2, 0.25) is 0 Å². The van der Waals surface area contributed by atoms with Crippen molar-refractivity contribution in [2.45, 2.75) is 77.0 Å². The Morgan fingerprint density at radius 2 is 1.16 bits per heavy atom. The summed E-state index contributed by atoms with van der Waals surface area (Å²) < 4.78 is 23.8. The summed E-state index contributed by atoms with van der Waals surface area (Å²) in [5, 5.41) is 16.6. The highest BCUT2D eigenvalue weighted by atomic mass is 16.5. The molecule has 4 atom stereocenters. The Labute approximate surface area is 442 Å². The summed E-state index contributed by atoms with van der Waals surface area (Å²) in [6.45, 7) is 9.84. The van der Waals surface area contributed by atoms with Crippen molar-refractivity contribution in [2.75, 3.05) is 70.9 Å². The molecule has 1 fully saturated rings. The average molecular weight is 1040 g/mol. The summed E-state index contributed by atoms with van der Waals surface area (Å²) in [4.78, 5) is 82.4. The lowest BCUT2D eigenvalue weighted by Crippen LogP contribution is -2.53. The van der Waals surface area contributed by atoms with Gasteiger partial charge in [0.2, 0.25) is 11.8 Å². The zero-order chi connectivity index (χ0) is 53.6. The van der Waals surface area contributed by atoms with E-state index in [1.165, 1.54) is 19.7 Å². The van der Waals surface area contributed by atoms with E-state index in [0.29, 0.717) is 77.2 Å². The molecular weight excluding hydrogens is 971 g/mol. The number of anilines is 2. The third kappa shape index (κ3) is 11.7. The predicted molar refractivity (Wildman–Crippen MR) is 291 cm³/mol. The molecule has 5 aliphatic heterocycles. The minimum Gasteiger partial charge on any atom is -0.493 e. The summed E-state index contributed by atoms with van der Waals surface area (Å²) >= 11 is 0. The molecule has 0 spiro atoms. The second kappa shape index (κ2) is 23.1. The molecule has 5 aliphatic rings. The minimum atomic E-state index is -1.33. The number of benzene rings is 4. The van der Waals surface area contributed by atoms with Crippen LogP contribution in [0, 0.1) is 5.92 Å². The Hall–Kier alpha value is -8.19. The number of unbranched alkanes of at least 4 members (excludes halogenated alkanes) is 2. The minimum absolute atomic E-state index is 0.135. The SMILES string of the molecule is COc1cc2c(cc1OCCCCCOc1cc3c(cc1OC)C(=O)N1C=C(c4ccc(N5CCN(C)CC5)cc4)C[C@H]1C=N3)N=C[C@@H]1CC(c3ccc(NC(=O)[C@H](C)NC(=O)[C@@H](NC(=O)O)C(C)C)cc3)=CN1C2=O. The van der Waals surface area contributed by atoms with Crippen molar-refractivity contribution in [3.05, 3.63) is 107 Å². The van der Waals surface area contributed by atoms with Gasteiger partial charge in [0.25, 0.3) is 11.8 Å². The summed E-state index contributed by atoms with van der Waals surface area (Å²) in [7, 11) is 5.25. The molecule has 0 unspecified atom stereocenters. The van der Waals surface area contributed by atoms with Crippen molar-refractivity contribution in [1.29, 1.82) is 0 Å². The van der Waals surface area contributed by atoms with E-state index in [4.69, 9.17) is 34.0 Å². The number of carbonyl (C=O) groups excluding carboxylic acids is 4. The third-order valence-electron chi connectivity index (χ3n) is 14.3. The monoisotopic (exact) mass is 1040 g/mol. The van der Waals surface area contributed by atoms with Gasteiger partial charge in [-0.05, 0) is 97.8 Å². The van der Waals surface area contributed by atoms with Gasteiger partial charge in [0.1, 0.15) is 12.1 Å². The normalized spacial score (nSPS) is 18.5. The number of carboxylic acid groups (broad SMARTS) is 1. The van der Waals surface area contributed by atoms with Crippen LogP contribution in [-0.2, 0) is 9.59 Å². The topological polar surface area (TPSA) is 216 Å². The molecule has 5 amide bonds. The van der Waals surface area contributed by atoms with Gasteiger partial charge in [0, 0.05) is 87.4 Å². The number of aliphatic imine (C=N–C) groups is 2. The molecule has 4 N–H and O–H groups in total. The van der Waals surface area contributed by atoms with Crippen LogP contribution in [0.25, 0.3) is 11.1 Å². The molecule has 19 nitrogen and oxygen atoms in total. The van der Waals surface area contributed by atoms with Crippen molar-refractivity contribution in [3.8, 4) is 23.0 Å². The highest BCUT2D eigenvalue weighted by Crippen LogP contribution is 2.42. The molecule has 4 aromatic rings. The van der Waals surface area contributed by atoms with Crippen LogP contribution in [0.3, 0.4) is 0 Å². The van der Waals surface area contributed by atoms with E-state index in [9.17, 15) is 24.0 Å². The Balaban J connectivity index is 0.742. The van der Waals surface area contributed by atoms with Gasteiger partial charge in [0.15, 0.2) is 23.0 Å². The van der Waals surface area contributed by atoms with Crippen LogP contribution in [-0.4, -0.2) is 147 Å². The molecular formula is C57H65N9O10. The molecule has 398 valence electrons. The molecule has 0 bridgehead atoms. The maximum absolute atomic E-state index is 14.0. The molecule has 1 saturated heterocycles. The number of nitrogens with zero attached hydrogens (tertiary/aromatic N) is 6. The molecule has 0 aliphatic carbocycles. The van der Waals surface area contributed by atoms with E-state index < -0.39 is 30.0 Å². The Morgan fingerprint density at radius 1 is 0.658 bits per heavy atom. The molecule has 0 aromatic heterocycles. The molecule has 0 saturated carbocycles. The lowest BCUT2D eigenvalue weighted by atomic mass is 10.0. The number of amides is 5. The lowest BCUT2D eigenvalue weighted by molar-refractivity contribution is -0.128.